The molecule has 0 heterocycles. The van der Waals surface area contributed by atoms with Crippen molar-refractivity contribution in [3.8, 4) is 0 Å². The molecule has 0 rings (SSSR count). The van der Waals surface area contributed by atoms with Gasteiger partial charge in [0.1, 0.15) is 23.3 Å². The summed E-state index contributed by atoms with van der Waals surface area (Å²) in [6.45, 7) is 10.9. The number of nitrogens with two attached hydrogens (primary N) is 2. The molecule has 0 aliphatic rings. The highest BCUT2D eigenvalue weighted by molar-refractivity contribution is 5.93. The van der Waals surface area contributed by atoms with Gasteiger partial charge in [0.2, 0.25) is 11.8 Å². The van der Waals surface area contributed by atoms with Gasteiger partial charge in [0.05, 0.1) is 12.5 Å². The van der Waals surface area contributed by atoms with Crippen molar-refractivity contribution in [2.45, 2.75) is 116 Å². The molecule has 0 aliphatic heterocycles. The highest BCUT2D eigenvalue weighted by Crippen LogP contribution is 2.10. The van der Waals surface area contributed by atoms with E-state index in [-0.39, 0.29) is 19.4 Å². The number of rotatable bonds is 16. The van der Waals surface area contributed by atoms with Crippen molar-refractivity contribution < 1.29 is 38.6 Å². The third-order valence-corrected chi connectivity index (χ3v) is 4.93. The third kappa shape index (κ3) is 17.5. The predicted octanol–water partition coefficient (Wildman–Crippen LogP) is 0.924. The van der Waals surface area contributed by atoms with Crippen molar-refractivity contribution >= 4 is 29.8 Å². The number of esters is 1. The number of alkyl carbamates (subject to hydrolysis) is 1. The summed E-state index contributed by atoms with van der Waals surface area (Å²) in [7, 11) is 0. The maximum Gasteiger partial charge on any atom is 0.407 e. The zero-order valence-electron chi connectivity index (χ0n) is 23.6. The van der Waals surface area contributed by atoms with E-state index in [2.05, 4.69) is 16.0 Å². The zero-order chi connectivity index (χ0) is 29.5. The first-order valence-corrected chi connectivity index (χ1v) is 12.9. The maximum absolute atomic E-state index is 13.0. The van der Waals surface area contributed by atoms with E-state index in [1.165, 1.54) is 0 Å². The summed E-state index contributed by atoms with van der Waals surface area (Å²) in [6.07, 6.45) is 1.32. The number of amides is 3. The van der Waals surface area contributed by atoms with Gasteiger partial charge in [0, 0.05) is 6.54 Å². The first kappa shape index (κ1) is 35.1. The minimum atomic E-state index is -1.27. The Morgan fingerprint density at radius 3 is 1.84 bits per heavy atom. The molecular weight excluding hydrogens is 498 g/mol. The van der Waals surface area contributed by atoms with Crippen LogP contribution >= 0.6 is 0 Å². The number of aliphatic carboxylic acids is 1. The summed E-state index contributed by atoms with van der Waals surface area (Å²) in [4.78, 5) is 61.1. The van der Waals surface area contributed by atoms with Crippen LogP contribution in [0.5, 0.6) is 0 Å². The van der Waals surface area contributed by atoms with Crippen LogP contribution in [0.3, 0.4) is 0 Å². The number of carboxylic acids is 1. The molecule has 0 saturated heterocycles. The lowest BCUT2D eigenvalue weighted by Crippen LogP contribution is -2.54. The lowest BCUT2D eigenvalue weighted by Gasteiger charge is -2.24. The second kappa shape index (κ2) is 16.8. The van der Waals surface area contributed by atoms with E-state index in [1.54, 1.807) is 41.5 Å². The Kier molecular flexibility index (Phi) is 15.5. The summed E-state index contributed by atoms with van der Waals surface area (Å²) in [5.41, 5.74) is 9.93. The van der Waals surface area contributed by atoms with Gasteiger partial charge < -0.3 is 42.0 Å². The summed E-state index contributed by atoms with van der Waals surface area (Å²) in [6, 6.07) is -3.53. The van der Waals surface area contributed by atoms with Crippen molar-refractivity contribution in [3.05, 3.63) is 0 Å². The Balaban J connectivity index is 5.19. The summed E-state index contributed by atoms with van der Waals surface area (Å²) in [5.74, 6) is -3.31. The standard InChI is InChI=1S/C25H47N5O8/c1-24(2,3)37-19(31)15-16(27)20(32)29-17(11-8-10-14-28-23(36)38-25(4,5)6)21(33)30-18(22(34)35)12-7-9-13-26/h16-18H,7-15,26-27H2,1-6H3,(H,28,36)(H,29,32)(H,30,33)(H,34,35)/t16-,17-,18-/m0/s1. The normalized spacial score (nSPS) is 14.0. The Morgan fingerprint density at radius 2 is 1.32 bits per heavy atom. The average Bonchev–Trinajstić information content (AvgIpc) is 2.74. The van der Waals surface area contributed by atoms with Gasteiger partial charge in [-0.3, -0.25) is 14.4 Å². The molecule has 220 valence electrons. The minimum absolute atomic E-state index is 0.141. The second-order valence-electron chi connectivity index (χ2n) is 11.1. The van der Waals surface area contributed by atoms with Gasteiger partial charge in [0.25, 0.3) is 0 Å². The highest BCUT2D eigenvalue weighted by Gasteiger charge is 2.29. The molecule has 3 amide bonds. The van der Waals surface area contributed by atoms with Crippen LogP contribution in [-0.4, -0.2) is 77.4 Å². The average molecular weight is 546 g/mol. The first-order valence-electron chi connectivity index (χ1n) is 12.9. The van der Waals surface area contributed by atoms with E-state index in [1.807, 2.05) is 0 Å². The number of ether oxygens (including phenoxy) is 2. The molecule has 0 aromatic heterocycles. The van der Waals surface area contributed by atoms with E-state index >= 15 is 0 Å². The van der Waals surface area contributed by atoms with Crippen LogP contribution in [0.2, 0.25) is 0 Å². The molecule has 0 aliphatic carbocycles. The molecular formula is C25H47N5O8. The lowest BCUT2D eigenvalue weighted by molar-refractivity contribution is -0.156. The molecule has 0 aromatic carbocycles. The largest absolute Gasteiger partial charge is 0.480 e. The molecule has 0 saturated carbocycles. The Labute approximate surface area is 225 Å². The molecule has 0 fully saturated rings. The minimum Gasteiger partial charge on any atom is -0.480 e. The van der Waals surface area contributed by atoms with Crippen LogP contribution in [0, 0.1) is 0 Å². The van der Waals surface area contributed by atoms with Crippen LogP contribution in [0.25, 0.3) is 0 Å². The number of unbranched alkanes of at least 4 members (excludes halogenated alkanes) is 2. The summed E-state index contributed by atoms with van der Waals surface area (Å²) < 4.78 is 10.3. The Hall–Kier alpha value is -2.93. The molecule has 0 radical (unpaired) electrons. The van der Waals surface area contributed by atoms with Crippen molar-refractivity contribution in [2.75, 3.05) is 13.1 Å². The fourth-order valence-electron chi connectivity index (χ4n) is 3.20. The number of nitrogens with one attached hydrogen (secondary N) is 3. The van der Waals surface area contributed by atoms with E-state index in [0.29, 0.717) is 32.2 Å². The van der Waals surface area contributed by atoms with E-state index in [4.69, 9.17) is 20.9 Å². The molecule has 0 aromatic rings. The van der Waals surface area contributed by atoms with Gasteiger partial charge >= 0.3 is 18.0 Å². The lowest BCUT2D eigenvalue weighted by atomic mass is 10.1. The first-order chi connectivity index (χ1) is 17.4. The maximum atomic E-state index is 13.0. The Bertz CT molecular complexity index is 792. The van der Waals surface area contributed by atoms with Gasteiger partial charge in [-0.1, -0.05) is 0 Å². The number of carboxylic acid groups (broad SMARTS) is 1. The fraction of sp³-hybridized carbons (Fsp3) is 0.800. The number of hydrogen-bond acceptors (Lipinski definition) is 9. The van der Waals surface area contributed by atoms with Crippen LogP contribution < -0.4 is 27.4 Å². The third-order valence-electron chi connectivity index (χ3n) is 4.93. The fourth-order valence-corrected chi connectivity index (χ4v) is 3.20. The smallest absolute Gasteiger partial charge is 0.407 e. The molecule has 0 unspecified atom stereocenters. The second-order valence-corrected chi connectivity index (χ2v) is 11.1. The van der Waals surface area contributed by atoms with Crippen molar-refractivity contribution in [2.24, 2.45) is 11.5 Å². The van der Waals surface area contributed by atoms with Crippen molar-refractivity contribution in [1.29, 1.82) is 0 Å². The summed E-state index contributed by atoms with van der Waals surface area (Å²) in [5, 5.41) is 17.1. The quantitative estimate of drug-likeness (QED) is 0.119. The van der Waals surface area contributed by atoms with Gasteiger partial charge in [-0.25, -0.2) is 9.59 Å². The topological polar surface area (TPSA) is 212 Å². The van der Waals surface area contributed by atoms with E-state index in [9.17, 15) is 29.1 Å². The van der Waals surface area contributed by atoms with Crippen LogP contribution in [-0.2, 0) is 28.7 Å². The van der Waals surface area contributed by atoms with E-state index in [0.717, 1.165) is 0 Å². The molecule has 0 spiro atoms. The highest BCUT2D eigenvalue weighted by atomic mass is 16.6. The number of carbonyl (C=O) groups excluding carboxylic acids is 4. The van der Waals surface area contributed by atoms with Crippen molar-refractivity contribution in [1.82, 2.24) is 16.0 Å². The monoisotopic (exact) mass is 545 g/mol. The van der Waals surface area contributed by atoms with Crippen molar-refractivity contribution in [3.63, 3.8) is 0 Å². The molecule has 38 heavy (non-hydrogen) atoms. The predicted molar refractivity (Wildman–Crippen MR) is 141 cm³/mol. The summed E-state index contributed by atoms with van der Waals surface area (Å²) >= 11 is 0. The van der Waals surface area contributed by atoms with Gasteiger partial charge in [-0.05, 0) is 86.6 Å². The van der Waals surface area contributed by atoms with Crippen LogP contribution in [0.15, 0.2) is 0 Å². The van der Waals surface area contributed by atoms with Crippen LogP contribution in [0.1, 0.15) is 86.5 Å². The Morgan fingerprint density at radius 1 is 0.789 bits per heavy atom. The van der Waals surface area contributed by atoms with Gasteiger partial charge in [-0.2, -0.15) is 0 Å². The van der Waals surface area contributed by atoms with Gasteiger partial charge in [0.15, 0.2) is 0 Å². The van der Waals surface area contributed by atoms with E-state index < -0.39 is 65.6 Å². The van der Waals surface area contributed by atoms with Gasteiger partial charge in [-0.15, -0.1) is 0 Å². The SMILES string of the molecule is CC(C)(C)OC(=O)C[C@H](N)C(=O)N[C@@H](CCCCNC(=O)OC(C)(C)C)C(=O)N[C@@H](CCCCN)C(=O)O. The molecule has 3 atom stereocenters. The molecule has 8 N–H and O–H groups in total. The molecule has 13 heteroatoms. The zero-order valence-corrected chi connectivity index (χ0v) is 23.6. The molecule has 13 nitrogen and oxygen atoms in total. The number of carbonyl (C=O) groups is 5. The number of hydrogen-bond donors (Lipinski definition) is 6. The molecule has 0 bridgehead atoms. The van der Waals surface area contributed by atoms with Crippen LogP contribution in [0.4, 0.5) is 4.79 Å².